The van der Waals surface area contributed by atoms with Crippen molar-refractivity contribution in [1.82, 2.24) is 4.90 Å². The molecule has 0 fully saturated rings. The van der Waals surface area contributed by atoms with E-state index >= 15 is 0 Å². The number of carbonyl (C=O) groups is 2. The lowest BCUT2D eigenvalue weighted by Gasteiger charge is -2.27. The van der Waals surface area contributed by atoms with E-state index in [1.165, 1.54) is 4.90 Å². The smallest absolute Gasteiger partial charge is 0.261 e. The molecule has 2 amide bonds. The van der Waals surface area contributed by atoms with Gasteiger partial charge in [0.1, 0.15) is 5.75 Å². The molecule has 0 radical (unpaired) electrons. The number of methoxy groups -OCH3 is 1. The van der Waals surface area contributed by atoms with Gasteiger partial charge in [-0.2, -0.15) is 0 Å². The molecule has 102 valence electrons. The Morgan fingerprint density at radius 2 is 1.75 bits per heavy atom. The summed E-state index contributed by atoms with van der Waals surface area (Å²) < 4.78 is 5.31. The van der Waals surface area contributed by atoms with Crippen LogP contribution in [0.5, 0.6) is 5.75 Å². The third-order valence-electron chi connectivity index (χ3n) is 3.62. The van der Waals surface area contributed by atoms with Crippen LogP contribution in [0.15, 0.2) is 30.3 Å². The van der Waals surface area contributed by atoms with Gasteiger partial charge in [0.25, 0.3) is 11.8 Å². The summed E-state index contributed by atoms with van der Waals surface area (Å²) in [5.41, 5.74) is 1.15. The van der Waals surface area contributed by atoms with Crippen LogP contribution in [0.3, 0.4) is 0 Å². The molecule has 4 nitrogen and oxygen atoms in total. The number of rotatable bonds is 3. The van der Waals surface area contributed by atoms with E-state index in [9.17, 15) is 9.59 Å². The highest BCUT2D eigenvalue weighted by molar-refractivity contribution is 6.26. The van der Waals surface area contributed by atoms with Crippen LogP contribution in [-0.2, 0) is 0 Å². The van der Waals surface area contributed by atoms with Crippen molar-refractivity contribution in [1.29, 1.82) is 0 Å². The quantitative estimate of drug-likeness (QED) is 0.805. The van der Waals surface area contributed by atoms with E-state index in [-0.39, 0.29) is 11.8 Å². The summed E-state index contributed by atoms with van der Waals surface area (Å²) in [6.07, 6.45) is 0.749. The topological polar surface area (TPSA) is 46.6 Å². The van der Waals surface area contributed by atoms with Crippen LogP contribution in [0, 0.1) is 0 Å². The van der Waals surface area contributed by atoms with E-state index in [1.807, 2.05) is 19.1 Å². The summed E-state index contributed by atoms with van der Waals surface area (Å²) in [6.45, 7) is 2.39. The summed E-state index contributed by atoms with van der Waals surface area (Å²) >= 11 is 0. The molecule has 0 bridgehead atoms. The highest BCUT2D eigenvalue weighted by Crippen LogP contribution is 2.35. The van der Waals surface area contributed by atoms with Gasteiger partial charge in [-0.15, -0.1) is 0 Å². The van der Waals surface area contributed by atoms with Gasteiger partial charge < -0.3 is 4.74 Å². The number of benzene rings is 2. The molecule has 0 unspecified atom stereocenters. The molecule has 2 aromatic rings. The van der Waals surface area contributed by atoms with Crippen molar-refractivity contribution in [3.63, 3.8) is 0 Å². The summed E-state index contributed by atoms with van der Waals surface area (Å²) in [7, 11) is 1.58. The molecule has 0 aromatic heterocycles. The molecule has 3 rings (SSSR count). The van der Waals surface area contributed by atoms with E-state index in [4.69, 9.17) is 4.74 Å². The van der Waals surface area contributed by atoms with Crippen molar-refractivity contribution in [3.05, 3.63) is 41.5 Å². The molecule has 0 saturated heterocycles. The Balaban J connectivity index is 2.33. The fourth-order valence-electron chi connectivity index (χ4n) is 2.72. The van der Waals surface area contributed by atoms with Gasteiger partial charge in [0.2, 0.25) is 0 Å². The normalized spacial score (nSPS) is 14.0. The SMILES string of the molecule is CCCN1C(=O)c2cccc3c(OC)ccc(c23)C1=O. The molecule has 1 aliphatic rings. The summed E-state index contributed by atoms with van der Waals surface area (Å²) in [5, 5.41) is 1.51. The lowest BCUT2D eigenvalue weighted by molar-refractivity contribution is 0.0610. The van der Waals surface area contributed by atoms with E-state index in [0.717, 1.165) is 11.8 Å². The molecule has 1 heterocycles. The molecule has 1 aliphatic heterocycles. The second-order valence-electron chi connectivity index (χ2n) is 4.81. The summed E-state index contributed by atoms with van der Waals surface area (Å²) in [5.74, 6) is 0.238. The first-order chi connectivity index (χ1) is 9.69. The van der Waals surface area contributed by atoms with Crippen LogP contribution < -0.4 is 4.74 Å². The fourth-order valence-corrected chi connectivity index (χ4v) is 2.72. The van der Waals surface area contributed by atoms with Crippen LogP contribution in [0.4, 0.5) is 0 Å². The lowest BCUT2D eigenvalue weighted by Crippen LogP contribution is -2.40. The van der Waals surface area contributed by atoms with E-state index < -0.39 is 0 Å². The fraction of sp³-hybridized carbons (Fsp3) is 0.250. The lowest BCUT2D eigenvalue weighted by atomic mass is 9.93. The minimum absolute atomic E-state index is 0.219. The van der Waals surface area contributed by atoms with Crippen molar-refractivity contribution in [2.45, 2.75) is 13.3 Å². The van der Waals surface area contributed by atoms with Gasteiger partial charge in [-0.1, -0.05) is 19.1 Å². The van der Waals surface area contributed by atoms with Crippen molar-refractivity contribution < 1.29 is 14.3 Å². The first-order valence-electron chi connectivity index (χ1n) is 6.65. The van der Waals surface area contributed by atoms with E-state index in [2.05, 4.69) is 0 Å². The first kappa shape index (κ1) is 12.7. The molecule has 0 aliphatic carbocycles. The second-order valence-corrected chi connectivity index (χ2v) is 4.81. The highest BCUT2D eigenvalue weighted by atomic mass is 16.5. The maximum absolute atomic E-state index is 12.5. The number of amides is 2. The van der Waals surface area contributed by atoms with Gasteiger partial charge in [-0.3, -0.25) is 14.5 Å². The third kappa shape index (κ3) is 1.61. The Morgan fingerprint density at radius 3 is 2.40 bits per heavy atom. The Labute approximate surface area is 116 Å². The third-order valence-corrected chi connectivity index (χ3v) is 3.62. The second kappa shape index (κ2) is 4.63. The molecular weight excluding hydrogens is 254 g/mol. The van der Waals surface area contributed by atoms with Gasteiger partial charge in [-0.05, 0) is 24.6 Å². The Kier molecular flexibility index (Phi) is 2.93. The van der Waals surface area contributed by atoms with Crippen LogP contribution in [-0.4, -0.2) is 30.4 Å². The minimum Gasteiger partial charge on any atom is -0.496 e. The van der Waals surface area contributed by atoms with Crippen molar-refractivity contribution in [2.24, 2.45) is 0 Å². The number of nitrogens with zero attached hydrogens (tertiary/aromatic N) is 1. The van der Waals surface area contributed by atoms with Crippen molar-refractivity contribution >= 4 is 22.6 Å². The average molecular weight is 269 g/mol. The number of hydrogen-bond acceptors (Lipinski definition) is 3. The zero-order valence-corrected chi connectivity index (χ0v) is 11.5. The molecular formula is C16H15NO3. The Hall–Kier alpha value is -2.36. The molecule has 0 atom stereocenters. The van der Waals surface area contributed by atoms with Gasteiger partial charge in [-0.25, -0.2) is 0 Å². The Morgan fingerprint density at radius 1 is 1.05 bits per heavy atom. The first-order valence-corrected chi connectivity index (χ1v) is 6.65. The molecule has 0 spiro atoms. The predicted molar refractivity (Wildman–Crippen MR) is 76.2 cm³/mol. The van der Waals surface area contributed by atoms with Gasteiger partial charge >= 0.3 is 0 Å². The monoisotopic (exact) mass is 269 g/mol. The van der Waals surface area contributed by atoms with Crippen LogP contribution in [0.2, 0.25) is 0 Å². The maximum atomic E-state index is 12.5. The van der Waals surface area contributed by atoms with Gasteiger partial charge in [0, 0.05) is 28.4 Å². The molecule has 0 N–H and O–H groups in total. The van der Waals surface area contributed by atoms with Crippen LogP contribution in [0.1, 0.15) is 34.1 Å². The number of carbonyl (C=O) groups excluding carboxylic acids is 2. The van der Waals surface area contributed by atoms with Gasteiger partial charge in [0.15, 0.2) is 0 Å². The van der Waals surface area contributed by atoms with Crippen molar-refractivity contribution in [3.8, 4) is 5.75 Å². The average Bonchev–Trinajstić information content (AvgIpc) is 2.48. The zero-order chi connectivity index (χ0) is 14.3. The standard InChI is InChI=1S/C16H15NO3/c1-3-9-17-15(18)11-6-4-5-10-13(20-2)8-7-12(14(10)11)16(17)19/h4-8H,3,9H2,1-2H3. The van der Waals surface area contributed by atoms with Crippen molar-refractivity contribution in [2.75, 3.05) is 13.7 Å². The minimum atomic E-state index is -0.219. The number of ether oxygens (including phenoxy) is 1. The maximum Gasteiger partial charge on any atom is 0.261 e. The van der Waals surface area contributed by atoms with E-state index in [0.29, 0.717) is 28.8 Å². The zero-order valence-electron chi connectivity index (χ0n) is 11.5. The van der Waals surface area contributed by atoms with E-state index in [1.54, 1.807) is 25.3 Å². The summed E-state index contributed by atoms with van der Waals surface area (Å²) in [6, 6.07) is 8.98. The molecule has 0 saturated carbocycles. The van der Waals surface area contributed by atoms with Crippen LogP contribution >= 0.6 is 0 Å². The number of imide groups is 1. The molecule has 2 aromatic carbocycles. The molecule has 4 heteroatoms. The Bertz CT molecular complexity index is 699. The molecule has 20 heavy (non-hydrogen) atoms. The van der Waals surface area contributed by atoms with Crippen LogP contribution in [0.25, 0.3) is 10.8 Å². The largest absolute Gasteiger partial charge is 0.496 e. The predicted octanol–water partition coefficient (Wildman–Crippen LogP) is 2.85. The van der Waals surface area contributed by atoms with Gasteiger partial charge in [0.05, 0.1) is 7.11 Å². The highest BCUT2D eigenvalue weighted by Gasteiger charge is 2.32. The number of hydrogen-bond donors (Lipinski definition) is 0. The summed E-state index contributed by atoms with van der Waals surface area (Å²) in [4.78, 5) is 26.3.